The van der Waals surface area contributed by atoms with Crippen molar-refractivity contribution in [3.8, 4) is 0 Å². The minimum absolute atomic E-state index is 0.0110. The van der Waals surface area contributed by atoms with Crippen LogP contribution in [-0.4, -0.2) is 28.4 Å². The molecule has 1 fully saturated rings. The molecule has 2 aliphatic heterocycles. The number of amides is 1. The molecule has 3 N–H and O–H groups in total. The zero-order valence-corrected chi connectivity index (χ0v) is 16.4. The monoisotopic (exact) mass is 420 g/mol. The molecule has 28 heavy (non-hydrogen) atoms. The van der Waals surface area contributed by atoms with Gasteiger partial charge in [0, 0.05) is 35.7 Å². The molecule has 0 radical (unpaired) electrons. The van der Waals surface area contributed by atoms with E-state index in [-0.39, 0.29) is 17.2 Å². The predicted octanol–water partition coefficient (Wildman–Crippen LogP) is 3.77. The molecule has 3 heterocycles. The third-order valence-electron chi connectivity index (χ3n) is 4.85. The lowest BCUT2D eigenvalue weighted by Crippen LogP contribution is -2.46. The number of thioether (sulfide) groups is 1. The van der Waals surface area contributed by atoms with Gasteiger partial charge in [-0.05, 0) is 43.2 Å². The Morgan fingerprint density at radius 3 is 3.04 bits per heavy atom. The van der Waals surface area contributed by atoms with Gasteiger partial charge in [0.25, 0.3) is 5.91 Å². The van der Waals surface area contributed by atoms with E-state index in [1.807, 2.05) is 0 Å². The highest BCUT2D eigenvalue weighted by molar-refractivity contribution is 8.13. The van der Waals surface area contributed by atoms with Gasteiger partial charge in [-0.3, -0.25) is 4.79 Å². The van der Waals surface area contributed by atoms with E-state index in [0.29, 0.717) is 28.2 Å². The highest BCUT2D eigenvalue weighted by atomic mass is 35.5. The molecule has 0 bridgehead atoms. The van der Waals surface area contributed by atoms with Crippen LogP contribution in [0.25, 0.3) is 0 Å². The zero-order chi connectivity index (χ0) is 19.7. The second-order valence-corrected chi connectivity index (χ2v) is 8.13. The Bertz CT molecular complexity index is 940. The number of hydrogen-bond acceptors (Lipinski definition) is 6. The van der Waals surface area contributed by atoms with Crippen LogP contribution in [0.5, 0.6) is 0 Å². The molecule has 2 aliphatic rings. The number of aliphatic imine (C=N–C) groups is 1. The molecule has 9 heteroatoms. The maximum Gasteiger partial charge on any atom is 0.274 e. The van der Waals surface area contributed by atoms with Crippen molar-refractivity contribution < 1.29 is 13.9 Å². The largest absolute Gasteiger partial charge is 0.378 e. The summed E-state index contributed by atoms with van der Waals surface area (Å²) in [5.41, 5.74) is 5.70. The van der Waals surface area contributed by atoms with Crippen molar-refractivity contribution in [1.82, 2.24) is 4.98 Å². The number of fused-ring (bicyclic) bond motifs is 1. The standard InChI is InChI=1S/C19H18ClFN4O2S/c20-12-3-6-16(23-9-12)17(26)24-13-4-5-15(21)14(8-13)19-11(2-1-7-27-19)10-28-18(22)25-19/h3-6,8-9,11H,1-2,7,10H2,(H2,22,25)(H,24,26)/t11-,19-/m1/s1. The number of ether oxygens (including phenoxy) is 1. The van der Waals surface area contributed by atoms with Gasteiger partial charge in [-0.25, -0.2) is 14.4 Å². The molecule has 1 saturated heterocycles. The Morgan fingerprint density at radius 2 is 2.25 bits per heavy atom. The van der Waals surface area contributed by atoms with Crippen molar-refractivity contribution in [1.29, 1.82) is 0 Å². The van der Waals surface area contributed by atoms with E-state index in [1.165, 1.54) is 36.2 Å². The molecule has 0 unspecified atom stereocenters. The van der Waals surface area contributed by atoms with E-state index in [9.17, 15) is 9.18 Å². The molecule has 1 aromatic heterocycles. The second kappa shape index (κ2) is 7.69. The Hall–Kier alpha value is -2.16. The van der Waals surface area contributed by atoms with Gasteiger partial charge in [-0.15, -0.1) is 0 Å². The summed E-state index contributed by atoms with van der Waals surface area (Å²) < 4.78 is 20.8. The Morgan fingerprint density at radius 1 is 1.39 bits per heavy atom. The smallest absolute Gasteiger partial charge is 0.274 e. The van der Waals surface area contributed by atoms with Crippen LogP contribution in [0.15, 0.2) is 41.5 Å². The van der Waals surface area contributed by atoms with Gasteiger partial charge in [0.2, 0.25) is 0 Å². The van der Waals surface area contributed by atoms with Crippen molar-refractivity contribution in [3.63, 3.8) is 0 Å². The summed E-state index contributed by atoms with van der Waals surface area (Å²) >= 11 is 7.26. The van der Waals surface area contributed by atoms with Crippen molar-refractivity contribution in [2.45, 2.75) is 18.6 Å². The first-order valence-electron chi connectivity index (χ1n) is 8.83. The van der Waals surface area contributed by atoms with Gasteiger partial charge in [0.15, 0.2) is 10.9 Å². The summed E-state index contributed by atoms with van der Waals surface area (Å²) in [4.78, 5) is 20.9. The third-order valence-corrected chi connectivity index (χ3v) is 6.03. The van der Waals surface area contributed by atoms with Gasteiger partial charge >= 0.3 is 0 Å². The van der Waals surface area contributed by atoms with E-state index in [4.69, 9.17) is 22.1 Å². The highest BCUT2D eigenvalue weighted by Gasteiger charge is 2.48. The maximum atomic E-state index is 14.8. The van der Waals surface area contributed by atoms with Crippen LogP contribution in [0.4, 0.5) is 10.1 Å². The van der Waals surface area contributed by atoms with Gasteiger partial charge in [-0.2, -0.15) is 0 Å². The Balaban J connectivity index is 1.68. The summed E-state index contributed by atoms with van der Waals surface area (Å²) in [6.07, 6.45) is 3.15. The molecule has 146 valence electrons. The average Bonchev–Trinajstić information content (AvgIpc) is 2.69. The fraction of sp³-hybridized carbons (Fsp3) is 0.316. The van der Waals surface area contributed by atoms with Crippen LogP contribution in [0.3, 0.4) is 0 Å². The fourth-order valence-electron chi connectivity index (χ4n) is 3.51. The van der Waals surface area contributed by atoms with Crippen molar-refractivity contribution >= 4 is 40.1 Å². The summed E-state index contributed by atoms with van der Waals surface area (Å²) in [5.74, 6) is -0.148. The number of amidine groups is 1. The first-order chi connectivity index (χ1) is 13.5. The summed E-state index contributed by atoms with van der Waals surface area (Å²) in [6.45, 7) is 0.475. The highest BCUT2D eigenvalue weighted by Crippen LogP contribution is 2.47. The SMILES string of the molecule is NC1=N[C@@]2(c3cc(NC(=O)c4ccc(Cl)cn4)ccc3F)OCCC[C@@H]2CS1. The number of carbonyl (C=O) groups excluding carboxylic acids is 1. The average molecular weight is 421 g/mol. The molecule has 0 saturated carbocycles. The topological polar surface area (TPSA) is 89.6 Å². The zero-order valence-electron chi connectivity index (χ0n) is 14.8. The third kappa shape index (κ3) is 3.59. The first kappa shape index (κ1) is 19.2. The van der Waals surface area contributed by atoms with Crippen LogP contribution in [0.2, 0.25) is 5.02 Å². The van der Waals surface area contributed by atoms with Gasteiger partial charge < -0.3 is 15.8 Å². The van der Waals surface area contributed by atoms with Crippen LogP contribution >= 0.6 is 23.4 Å². The van der Waals surface area contributed by atoms with E-state index in [2.05, 4.69) is 15.3 Å². The minimum Gasteiger partial charge on any atom is -0.378 e. The quantitative estimate of drug-likeness (QED) is 0.788. The number of nitrogens with zero attached hydrogens (tertiary/aromatic N) is 2. The summed E-state index contributed by atoms with van der Waals surface area (Å²) in [5, 5.41) is 3.54. The van der Waals surface area contributed by atoms with Gasteiger partial charge in [-0.1, -0.05) is 23.4 Å². The number of nitrogens with one attached hydrogen (secondary N) is 1. The number of carbonyl (C=O) groups is 1. The first-order valence-corrected chi connectivity index (χ1v) is 10.2. The number of anilines is 1. The van der Waals surface area contributed by atoms with E-state index in [0.717, 1.165) is 12.8 Å². The van der Waals surface area contributed by atoms with Crippen LogP contribution in [0.1, 0.15) is 28.9 Å². The van der Waals surface area contributed by atoms with E-state index in [1.54, 1.807) is 12.1 Å². The molecule has 6 nitrogen and oxygen atoms in total. The van der Waals surface area contributed by atoms with Crippen LogP contribution in [-0.2, 0) is 10.5 Å². The Labute approximate surface area is 170 Å². The molecule has 2 aromatic rings. The number of halogens is 2. The normalized spacial score (nSPS) is 24.2. The number of hydrogen-bond donors (Lipinski definition) is 2. The van der Waals surface area contributed by atoms with Gasteiger partial charge in [0.1, 0.15) is 11.5 Å². The fourth-order valence-corrected chi connectivity index (χ4v) is 4.59. The number of pyridine rings is 1. The lowest BCUT2D eigenvalue weighted by atomic mass is 9.84. The molecule has 1 amide bonds. The lowest BCUT2D eigenvalue weighted by molar-refractivity contribution is -0.115. The number of aromatic nitrogens is 1. The molecule has 0 spiro atoms. The molecule has 0 aliphatic carbocycles. The molecule has 4 rings (SSSR count). The summed E-state index contributed by atoms with van der Waals surface area (Å²) in [6, 6.07) is 7.46. The van der Waals surface area contributed by atoms with E-state index < -0.39 is 17.4 Å². The number of rotatable bonds is 3. The molecular formula is C19H18ClFN4O2S. The molecular weight excluding hydrogens is 403 g/mol. The number of benzene rings is 1. The minimum atomic E-state index is -1.16. The summed E-state index contributed by atoms with van der Waals surface area (Å²) in [7, 11) is 0. The predicted molar refractivity (Wildman–Crippen MR) is 108 cm³/mol. The Kier molecular flexibility index (Phi) is 5.27. The van der Waals surface area contributed by atoms with Crippen molar-refractivity contribution in [3.05, 3.63) is 58.6 Å². The molecule has 1 aromatic carbocycles. The second-order valence-electron chi connectivity index (χ2n) is 6.66. The van der Waals surface area contributed by atoms with Crippen LogP contribution < -0.4 is 11.1 Å². The molecule has 2 atom stereocenters. The lowest BCUT2D eigenvalue weighted by Gasteiger charge is -2.43. The maximum absolute atomic E-state index is 14.8. The van der Waals surface area contributed by atoms with Crippen molar-refractivity contribution in [2.75, 3.05) is 17.7 Å². The van der Waals surface area contributed by atoms with Gasteiger partial charge in [0.05, 0.1) is 5.02 Å². The van der Waals surface area contributed by atoms with Crippen molar-refractivity contribution in [2.24, 2.45) is 16.6 Å². The van der Waals surface area contributed by atoms with Crippen LogP contribution in [0, 0.1) is 11.7 Å². The number of nitrogens with two attached hydrogens (primary N) is 1. The van der Waals surface area contributed by atoms with E-state index >= 15 is 0 Å².